The summed E-state index contributed by atoms with van der Waals surface area (Å²) in [5, 5.41) is 13.0. The summed E-state index contributed by atoms with van der Waals surface area (Å²) in [6.45, 7) is 3.14. The number of nitro benzene ring substituents is 1. The van der Waals surface area contributed by atoms with E-state index in [0.29, 0.717) is 0 Å². The lowest BCUT2D eigenvalue weighted by Gasteiger charge is -2.31. The quantitative estimate of drug-likeness (QED) is 0.284. The SMILES string of the molecule is CCOP(=O)(OCC)C(NC(=O)c1ccc([N+](=O)[O-])cc1)C(Cl)(Cl)Cl. The smallest absolute Gasteiger partial charge is 0.334 e. The van der Waals surface area contributed by atoms with Gasteiger partial charge in [0, 0.05) is 17.7 Å². The Morgan fingerprint density at radius 3 is 2.08 bits per heavy atom. The van der Waals surface area contributed by atoms with Gasteiger partial charge < -0.3 is 14.4 Å². The first-order valence-electron chi connectivity index (χ1n) is 7.06. The van der Waals surface area contributed by atoms with E-state index in [1.807, 2.05) is 0 Å². The zero-order valence-electron chi connectivity index (χ0n) is 13.3. The summed E-state index contributed by atoms with van der Waals surface area (Å²) in [7, 11) is -3.99. The van der Waals surface area contributed by atoms with Crippen molar-refractivity contribution in [1.29, 1.82) is 0 Å². The van der Waals surface area contributed by atoms with E-state index < -0.39 is 28.0 Å². The maximum atomic E-state index is 12.9. The number of hydrogen-bond donors (Lipinski definition) is 1. The van der Waals surface area contributed by atoms with Gasteiger partial charge in [0.25, 0.3) is 11.6 Å². The van der Waals surface area contributed by atoms with Gasteiger partial charge in [0.2, 0.25) is 3.79 Å². The Bertz CT molecular complexity index is 655. The maximum Gasteiger partial charge on any atom is 0.357 e. The standard InChI is InChI=1S/C13H16Cl3N2O6P/c1-3-23-25(22,24-4-2)12(13(14,15)16)17-11(19)9-5-7-10(8-6-9)18(20)21/h5-8,12H,3-4H2,1-2H3,(H,17,19). The van der Waals surface area contributed by atoms with Crippen molar-refractivity contribution in [2.24, 2.45) is 0 Å². The molecule has 140 valence electrons. The van der Waals surface area contributed by atoms with Gasteiger partial charge in [-0.05, 0) is 26.0 Å². The molecule has 1 unspecified atom stereocenters. The fraction of sp³-hybridized carbons (Fsp3) is 0.462. The number of alkyl halides is 3. The van der Waals surface area contributed by atoms with Gasteiger partial charge >= 0.3 is 7.60 Å². The molecule has 0 spiro atoms. The molecule has 0 bridgehead atoms. The van der Waals surface area contributed by atoms with E-state index in [9.17, 15) is 19.5 Å². The molecule has 0 saturated carbocycles. The fourth-order valence-electron chi connectivity index (χ4n) is 1.83. The summed E-state index contributed by atoms with van der Waals surface area (Å²) in [5.74, 6) is -2.33. The van der Waals surface area contributed by atoms with Gasteiger partial charge in [0.1, 0.15) is 0 Å². The van der Waals surface area contributed by atoms with E-state index in [1.165, 1.54) is 12.1 Å². The van der Waals surface area contributed by atoms with Crippen LogP contribution in [0.3, 0.4) is 0 Å². The van der Waals surface area contributed by atoms with Crippen LogP contribution in [0.5, 0.6) is 0 Å². The zero-order chi connectivity index (χ0) is 19.3. The largest absolute Gasteiger partial charge is 0.357 e. The summed E-state index contributed by atoms with van der Waals surface area (Å²) in [6.07, 6.45) is 0. The van der Waals surface area contributed by atoms with E-state index >= 15 is 0 Å². The number of hydrogen-bond acceptors (Lipinski definition) is 6. The first kappa shape index (κ1) is 22.2. The molecule has 0 aliphatic heterocycles. The molecular weight excluding hydrogens is 417 g/mol. The Kier molecular flexibility index (Phi) is 8.12. The monoisotopic (exact) mass is 432 g/mol. The van der Waals surface area contributed by atoms with E-state index in [-0.39, 0.29) is 24.5 Å². The van der Waals surface area contributed by atoms with Crippen molar-refractivity contribution in [3.05, 3.63) is 39.9 Å². The molecule has 1 amide bonds. The highest BCUT2D eigenvalue weighted by Gasteiger charge is 2.49. The minimum Gasteiger partial charge on any atom is -0.334 e. The lowest BCUT2D eigenvalue weighted by molar-refractivity contribution is -0.384. The first-order valence-corrected chi connectivity index (χ1v) is 9.80. The number of nitrogens with one attached hydrogen (secondary N) is 1. The average molecular weight is 434 g/mol. The molecule has 1 atom stereocenters. The highest BCUT2D eigenvalue weighted by molar-refractivity contribution is 7.55. The van der Waals surface area contributed by atoms with Gasteiger partial charge in [-0.25, -0.2) is 0 Å². The summed E-state index contributed by atoms with van der Waals surface area (Å²) in [5.41, 5.74) is -0.145. The normalized spacial score (nSPS) is 13.3. The van der Waals surface area contributed by atoms with Crippen LogP contribution in [0.4, 0.5) is 5.69 Å². The molecule has 1 rings (SSSR count). The number of benzene rings is 1. The number of carbonyl (C=O) groups excluding carboxylic acids is 1. The second-order valence-electron chi connectivity index (χ2n) is 4.60. The summed E-state index contributed by atoms with van der Waals surface area (Å²) in [4.78, 5) is 22.4. The summed E-state index contributed by atoms with van der Waals surface area (Å²) < 4.78 is 20.9. The fourth-order valence-corrected chi connectivity index (χ4v) is 4.79. The van der Waals surface area contributed by atoms with Crippen LogP contribution in [0, 0.1) is 10.1 Å². The molecule has 0 aliphatic rings. The lowest BCUT2D eigenvalue weighted by Crippen LogP contribution is -2.44. The number of carbonyl (C=O) groups is 1. The van der Waals surface area contributed by atoms with Crippen molar-refractivity contribution in [3.8, 4) is 0 Å². The van der Waals surface area contributed by atoms with Crippen molar-refractivity contribution in [2.45, 2.75) is 23.4 Å². The minimum atomic E-state index is -3.99. The van der Waals surface area contributed by atoms with Gasteiger partial charge in [-0.1, -0.05) is 34.8 Å². The summed E-state index contributed by atoms with van der Waals surface area (Å²) in [6, 6.07) is 4.72. The van der Waals surface area contributed by atoms with Crippen LogP contribution >= 0.6 is 42.4 Å². The van der Waals surface area contributed by atoms with Gasteiger partial charge in [-0.15, -0.1) is 0 Å². The molecule has 12 heteroatoms. The third-order valence-electron chi connectivity index (χ3n) is 2.85. The van der Waals surface area contributed by atoms with E-state index in [1.54, 1.807) is 13.8 Å². The molecule has 1 aromatic rings. The Morgan fingerprint density at radius 2 is 1.72 bits per heavy atom. The van der Waals surface area contributed by atoms with Crippen LogP contribution < -0.4 is 5.32 Å². The third-order valence-corrected chi connectivity index (χ3v) is 6.35. The van der Waals surface area contributed by atoms with Crippen LogP contribution in [-0.2, 0) is 13.6 Å². The van der Waals surface area contributed by atoms with Crippen molar-refractivity contribution < 1.29 is 23.3 Å². The Labute approximate surface area is 159 Å². The van der Waals surface area contributed by atoms with Crippen LogP contribution in [0.1, 0.15) is 24.2 Å². The van der Waals surface area contributed by atoms with Gasteiger partial charge in [0.15, 0.2) is 5.78 Å². The molecule has 8 nitrogen and oxygen atoms in total. The topological polar surface area (TPSA) is 108 Å². The predicted molar refractivity (Wildman–Crippen MR) is 95.5 cm³/mol. The molecule has 0 fully saturated rings. The van der Waals surface area contributed by atoms with E-state index in [4.69, 9.17) is 43.9 Å². The average Bonchev–Trinajstić information content (AvgIpc) is 2.51. The molecule has 1 N–H and O–H groups in total. The highest BCUT2D eigenvalue weighted by atomic mass is 35.6. The number of nitro groups is 1. The van der Waals surface area contributed by atoms with Gasteiger partial charge in [-0.3, -0.25) is 19.5 Å². The molecule has 0 aliphatic carbocycles. The van der Waals surface area contributed by atoms with Crippen LogP contribution in [0.25, 0.3) is 0 Å². The van der Waals surface area contributed by atoms with Crippen LogP contribution in [-0.4, -0.2) is 33.6 Å². The molecule has 25 heavy (non-hydrogen) atoms. The van der Waals surface area contributed by atoms with E-state index in [2.05, 4.69) is 5.32 Å². The third kappa shape index (κ3) is 6.09. The van der Waals surface area contributed by atoms with Gasteiger partial charge in [-0.2, -0.15) is 0 Å². The van der Waals surface area contributed by atoms with E-state index in [0.717, 1.165) is 12.1 Å². The summed E-state index contributed by atoms with van der Waals surface area (Å²) >= 11 is 17.5. The molecule has 0 aromatic heterocycles. The molecule has 0 heterocycles. The zero-order valence-corrected chi connectivity index (χ0v) is 16.4. The molecular formula is C13H16Cl3N2O6P. The van der Waals surface area contributed by atoms with Gasteiger partial charge in [0.05, 0.1) is 18.1 Å². The molecule has 0 radical (unpaired) electrons. The van der Waals surface area contributed by atoms with Crippen molar-refractivity contribution in [3.63, 3.8) is 0 Å². The first-order chi connectivity index (χ1) is 11.5. The Morgan fingerprint density at radius 1 is 1.24 bits per heavy atom. The maximum absolute atomic E-state index is 12.9. The van der Waals surface area contributed by atoms with Crippen LogP contribution in [0.15, 0.2) is 24.3 Å². The van der Waals surface area contributed by atoms with Crippen LogP contribution in [0.2, 0.25) is 0 Å². The second kappa shape index (κ2) is 9.16. The number of non-ortho nitro benzene ring substituents is 1. The van der Waals surface area contributed by atoms with Crippen molar-refractivity contribution in [1.82, 2.24) is 5.32 Å². The second-order valence-corrected chi connectivity index (χ2v) is 9.08. The molecule has 0 saturated heterocycles. The Hall–Kier alpha value is -0.890. The number of halogens is 3. The predicted octanol–water partition coefficient (Wildman–Crippen LogP) is 4.29. The number of nitrogens with zero attached hydrogens (tertiary/aromatic N) is 1. The lowest BCUT2D eigenvalue weighted by atomic mass is 10.2. The minimum absolute atomic E-state index is 0.00191. The molecule has 1 aromatic carbocycles. The highest BCUT2D eigenvalue weighted by Crippen LogP contribution is 2.58. The Balaban J connectivity index is 3.11. The number of amides is 1. The number of rotatable bonds is 8. The van der Waals surface area contributed by atoms with Crippen molar-refractivity contribution >= 4 is 54.0 Å². The van der Waals surface area contributed by atoms with Crippen molar-refractivity contribution in [2.75, 3.05) is 13.2 Å².